The number of hydrogen-bond donors (Lipinski definition) is 3. The van der Waals surface area contributed by atoms with E-state index in [1.807, 2.05) is 13.8 Å². The molecule has 1 rings (SSSR count). The molecule has 0 bridgehead atoms. The van der Waals surface area contributed by atoms with Crippen molar-refractivity contribution in [2.75, 3.05) is 66.7 Å². The van der Waals surface area contributed by atoms with E-state index in [-0.39, 0.29) is 64.0 Å². The topological polar surface area (TPSA) is 235 Å². The van der Waals surface area contributed by atoms with Crippen molar-refractivity contribution in [2.24, 2.45) is 5.92 Å². The van der Waals surface area contributed by atoms with Gasteiger partial charge in [0.25, 0.3) is 0 Å². The van der Waals surface area contributed by atoms with Crippen LogP contribution in [0.15, 0.2) is 49.6 Å². The molecule has 19 heteroatoms. The highest BCUT2D eigenvalue weighted by molar-refractivity contribution is 5.87. The molecule has 0 heterocycles. The van der Waals surface area contributed by atoms with Gasteiger partial charge in [0.15, 0.2) is 0 Å². The molecule has 5 amide bonds. The highest BCUT2D eigenvalue weighted by Gasteiger charge is 2.30. The molecule has 68 heavy (non-hydrogen) atoms. The normalized spacial score (nSPS) is 11.9. The Morgan fingerprint density at radius 3 is 1.47 bits per heavy atom. The molecule has 0 saturated carbocycles. The number of rotatable bonds is 33. The van der Waals surface area contributed by atoms with Crippen LogP contribution in [-0.4, -0.2) is 131 Å². The lowest BCUT2D eigenvalue weighted by Crippen LogP contribution is -2.43. The predicted octanol–water partition coefficient (Wildman–Crippen LogP) is 6.57. The fourth-order valence-corrected chi connectivity index (χ4v) is 6.74. The van der Waals surface area contributed by atoms with Gasteiger partial charge in [-0.05, 0) is 95.9 Å². The second-order valence-corrected chi connectivity index (χ2v) is 17.0. The minimum absolute atomic E-state index is 0.00659. The van der Waals surface area contributed by atoms with Crippen LogP contribution in [0.5, 0.6) is 0 Å². The van der Waals surface area contributed by atoms with Crippen molar-refractivity contribution in [1.29, 1.82) is 0 Å². The Hall–Kier alpha value is -6.14. The van der Waals surface area contributed by atoms with Crippen LogP contribution in [0.4, 0.5) is 14.4 Å². The van der Waals surface area contributed by atoms with Crippen LogP contribution in [0.25, 0.3) is 0 Å². The third-order valence-electron chi connectivity index (χ3n) is 10.9. The number of nitrogens with one attached hydrogen (secondary N) is 3. The first-order valence-electron chi connectivity index (χ1n) is 23.4. The Bertz CT molecular complexity index is 1660. The molecular formula is C49H77N5O14. The van der Waals surface area contributed by atoms with Gasteiger partial charge in [-0.2, -0.15) is 0 Å². The Morgan fingerprint density at radius 2 is 1.04 bits per heavy atom. The maximum absolute atomic E-state index is 12.8. The van der Waals surface area contributed by atoms with E-state index in [4.69, 9.17) is 28.4 Å². The molecule has 0 aliphatic rings. The van der Waals surface area contributed by atoms with Crippen molar-refractivity contribution in [3.63, 3.8) is 0 Å². The lowest BCUT2D eigenvalue weighted by Gasteiger charge is -2.28. The maximum Gasteiger partial charge on any atom is 0.408 e. The number of alkyl carbamates (subject to hydrolysis) is 3. The number of nitrogens with zero attached hydrogens (tertiary/aromatic N) is 2. The largest absolute Gasteiger partial charge is 0.469 e. The van der Waals surface area contributed by atoms with Crippen molar-refractivity contribution in [3.05, 3.63) is 60.7 Å². The molecule has 0 radical (unpaired) electrons. The summed E-state index contributed by atoms with van der Waals surface area (Å²) in [5.41, 5.74) is -0.692. The van der Waals surface area contributed by atoms with Gasteiger partial charge in [0.1, 0.15) is 30.5 Å². The van der Waals surface area contributed by atoms with E-state index in [1.165, 1.54) is 31.3 Å². The van der Waals surface area contributed by atoms with Crippen molar-refractivity contribution in [3.8, 4) is 0 Å². The van der Waals surface area contributed by atoms with Crippen molar-refractivity contribution in [1.82, 2.24) is 25.8 Å². The molecule has 1 aromatic rings. The number of carbonyl (C=O) groups is 8. The molecule has 0 fully saturated rings. The standard InChI is InChI=1S/C49H77N5O14/c1-11-15-29-53(40(55)13-3)31-33-65-42(57)35-36(43(58)63-9)21-17-19-27-50-45(60)67-48(5,6)37-23-25-38(26-24-37)49(7,8)68-46(61)51-28-20-18-22-39(44(59)64-10)52-47(62)66-34-32-54(30-16-12-2)41(56)14-4/h13-14,23-26,36,39H,3-4,11-12,15-22,27-35H2,1-2,5-10H3,(H,50,60)(H,51,61)(H,52,62)/t36?,39-/m0/s1. The predicted molar refractivity (Wildman–Crippen MR) is 254 cm³/mol. The molecule has 19 nitrogen and oxygen atoms in total. The SMILES string of the molecule is C=CC(=O)N(CCCC)CCOC(=O)CC(CCCCNC(=O)OC(C)(C)c1ccc(C(C)(C)OC(=O)NCCCC[C@H](NC(=O)OCCN(CCCC)C(=O)C=C)C(=O)OC)cc1)C(=O)OC. The first-order valence-corrected chi connectivity index (χ1v) is 23.4. The summed E-state index contributed by atoms with van der Waals surface area (Å²) in [7, 11) is 2.46. The number of amides is 5. The van der Waals surface area contributed by atoms with Crippen LogP contribution >= 0.6 is 0 Å². The molecule has 0 saturated heterocycles. The van der Waals surface area contributed by atoms with E-state index >= 15 is 0 Å². The molecule has 382 valence electrons. The van der Waals surface area contributed by atoms with Crippen molar-refractivity contribution < 1.29 is 66.8 Å². The van der Waals surface area contributed by atoms with E-state index < -0.39 is 59.3 Å². The summed E-state index contributed by atoms with van der Waals surface area (Å²) in [5, 5.41) is 7.94. The van der Waals surface area contributed by atoms with Crippen molar-refractivity contribution in [2.45, 2.75) is 129 Å². The molecule has 0 aliphatic carbocycles. The summed E-state index contributed by atoms with van der Waals surface area (Å²) in [6.07, 6.45) is 5.97. The third-order valence-corrected chi connectivity index (χ3v) is 10.9. The Balaban J connectivity index is 2.55. The molecule has 3 N–H and O–H groups in total. The smallest absolute Gasteiger partial charge is 0.408 e. The molecule has 1 unspecified atom stereocenters. The minimum atomic E-state index is -1.03. The monoisotopic (exact) mass is 960 g/mol. The van der Waals surface area contributed by atoms with Crippen LogP contribution in [0, 0.1) is 5.92 Å². The average molecular weight is 960 g/mol. The van der Waals surface area contributed by atoms with Crippen LogP contribution < -0.4 is 16.0 Å². The first kappa shape index (κ1) is 59.9. The zero-order chi connectivity index (χ0) is 51.1. The summed E-state index contributed by atoms with van der Waals surface area (Å²) in [6.45, 7) is 19.8. The van der Waals surface area contributed by atoms with E-state index in [0.29, 0.717) is 56.3 Å². The first-order chi connectivity index (χ1) is 32.3. The Kier molecular flexibility index (Phi) is 28.7. The van der Waals surface area contributed by atoms with Gasteiger partial charge in [0.05, 0.1) is 39.6 Å². The number of ether oxygens (including phenoxy) is 6. The summed E-state index contributed by atoms with van der Waals surface area (Å²) in [4.78, 5) is 102. The van der Waals surface area contributed by atoms with Gasteiger partial charge in [-0.3, -0.25) is 19.2 Å². The summed E-state index contributed by atoms with van der Waals surface area (Å²) >= 11 is 0. The molecule has 0 aliphatic heterocycles. The Labute approximate surface area is 402 Å². The van der Waals surface area contributed by atoms with E-state index in [2.05, 4.69) is 29.1 Å². The van der Waals surface area contributed by atoms with E-state index in [9.17, 15) is 38.4 Å². The fourth-order valence-electron chi connectivity index (χ4n) is 6.74. The molecule has 0 aromatic heterocycles. The van der Waals surface area contributed by atoms with Gasteiger partial charge in [-0.15, -0.1) is 0 Å². The summed E-state index contributed by atoms with van der Waals surface area (Å²) in [5.74, 6) is -3.00. The highest BCUT2D eigenvalue weighted by Crippen LogP contribution is 2.30. The summed E-state index contributed by atoms with van der Waals surface area (Å²) in [6, 6.07) is 6.13. The van der Waals surface area contributed by atoms with Gasteiger partial charge in [-0.1, -0.05) is 70.5 Å². The molecule has 2 atom stereocenters. The van der Waals surface area contributed by atoms with Gasteiger partial charge in [0.2, 0.25) is 11.8 Å². The molecule has 0 spiro atoms. The number of benzene rings is 1. The van der Waals surface area contributed by atoms with Gasteiger partial charge in [-0.25, -0.2) is 19.2 Å². The number of hydrogen-bond acceptors (Lipinski definition) is 14. The zero-order valence-electron chi connectivity index (χ0n) is 41.6. The quantitative estimate of drug-likeness (QED) is 0.0293. The molecule has 1 aromatic carbocycles. The fraction of sp³-hybridized carbons (Fsp3) is 0.633. The van der Waals surface area contributed by atoms with Crippen LogP contribution in [0.3, 0.4) is 0 Å². The van der Waals surface area contributed by atoms with E-state index in [0.717, 1.165) is 25.7 Å². The van der Waals surface area contributed by atoms with Crippen LogP contribution in [0.2, 0.25) is 0 Å². The van der Waals surface area contributed by atoms with Gasteiger partial charge in [0, 0.05) is 26.2 Å². The van der Waals surface area contributed by atoms with Crippen LogP contribution in [-0.2, 0) is 63.6 Å². The van der Waals surface area contributed by atoms with Gasteiger partial charge < -0.3 is 54.2 Å². The van der Waals surface area contributed by atoms with Crippen molar-refractivity contribution >= 4 is 48.0 Å². The lowest BCUT2D eigenvalue weighted by atomic mass is 9.92. The Morgan fingerprint density at radius 1 is 0.603 bits per heavy atom. The van der Waals surface area contributed by atoms with E-state index in [1.54, 1.807) is 56.9 Å². The highest BCUT2D eigenvalue weighted by atomic mass is 16.6. The molecular weight excluding hydrogens is 883 g/mol. The number of carbonyl (C=O) groups excluding carboxylic acids is 8. The average Bonchev–Trinajstić information content (AvgIpc) is 3.31. The number of unbranched alkanes of at least 4 members (excludes halogenated alkanes) is 4. The maximum atomic E-state index is 12.8. The number of esters is 3. The second-order valence-electron chi connectivity index (χ2n) is 17.0. The van der Waals surface area contributed by atoms with Gasteiger partial charge >= 0.3 is 36.2 Å². The van der Waals surface area contributed by atoms with Crippen LogP contribution in [0.1, 0.15) is 123 Å². The second kappa shape index (κ2) is 32.5. The zero-order valence-corrected chi connectivity index (χ0v) is 41.6. The number of methoxy groups -OCH3 is 2. The minimum Gasteiger partial charge on any atom is -0.469 e. The third kappa shape index (κ3) is 23.5. The summed E-state index contributed by atoms with van der Waals surface area (Å²) < 4.78 is 31.7. The lowest BCUT2D eigenvalue weighted by molar-refractivity contribution is -0.154.